The van der Waals surface area contributed by atoms with E-state index in [1.54, 1.807) is 47.0 Å². The molecule has 0 saturated carbocycles. The van der Waals surface area contributed by atoms with E-state index in [9.17, 15) is 9.59 Å². The molecule has 286 valence electrons. The largest absolute Gasteiger partial charge is 0.464 e. The molecule has 5 aromatic rings. The molecule has 0 radical (unpaired) electrons. The highest BCUT2D eigenvalue weighted by Gasteiger charge is 2.37. The van der Waals surface area contributed by atoms with Gasteiger partial charge in [-0.1, -0.05) is 40.4 Å². The van der Waals surface area contributed by atoms with Gasteiger partial charge in [0.25, 0.3) is 5.56 Å². The van der Waals surface area contributed by atoms with Crippen LogP contribution >= 0.6 is 0 Å². The van der Waals surface area contributed by atoms with E-state index in [1.165, 1.54) is 11.8 Å². The molecule has 0 aliphatic heterocycles. The Morgan fingerprint density at radius 2 is 1.75 bits per heavy atom. The van der Waals surface area contributed by atoms with E-state index >= 15 is 0 Å². The molecule has 16 heteroatoms. The van der Waals surface area contributed by atoms with Crippen molar-refractivity contribution >= 4 is 44.9 Å². The third-order valence-electron chi connectivity index (χ3n) is 10.1. The van der Waals surface area contributed by atoms with Gasteiger partial charge in [-0.15, -0.1) is 0 Å². The molecule has 0 aliphatic carbocycles. The third kappa shape index (κ3) is 8.88. The van der Waals surface area contributed by atoms with Crippen molar-refractivity contribution in [1.82, 2.24) is 38.7 Å². The first-order chi connectivity index (χ1) is 24.8. The minimum atomic E-state index is -1.93. The number of nitrogens with zero attached hydrogens (tertiary/aromatic N) is 8. The highest BCUT2D eigenvalue weighted by atomic mass is 28.4. The number of nitrogens with one attached hydrogen (secondary N) is 1. The first-order valence-corrected chi connectivity index (χ1v) is 24.6. The van der Waals surface area contributed by atoms with E-state index in [-0.39, 0.29) is 23.4 Å². The standard InChI is InChI=1S/C37H55N9O5Si2/c1-25(16-18-51-53(11,12)37(2,3)4)46-30-21-32(39-22-26(30)33(42-46)28-13-14-29(43(28)5)36(48)49-7)40-31-15-17-38-34(41-31)27-23-45(44(6)35(27)47)24-50-19-20-52(8,9)10/h13-15,17,21-23,25H,16,18-20,24H2,1-12H3,(H,38,39,40,41). The van der Waals surface area contributed by atoms with Crippen molar-refractivity contribution < 1.29 is 18.7 Å². The number of carbonyl (C=O) groups excluding carboxylic acids is 1. The quantitative estimate of drug-likeness (QED) is 0.0660. The summed E-state index contributed by atoms with van der Waals surface area (Å²) in [6.45, 7) is 21.8. The van der Waals surface area contributed by atoms with Gasteiger partial charge in [-0.2, -0.15) is 5.10 Å². The molecule has 0 aromatic carbocycles. The fourth-order valence-electron chi connectivity index (χ4n) is 5.59. The summed E-state index contributed by atoms with van der Waals surface area (Å²) in [4.78, 5) is 39.5. The van der Waals surface area contributed by atoms with Crippen LogP contribution in [0.1, 0.15) is 50.6 Å². The summed E-state index contributed by atoms with van der Waals surface area (Å²) >= 11 is 0. The Hall–Kier alpha value is -4.39. The molecule has 0 spiro atoms. The van der Waals surface area contributed by atoms with Crippen LogP contribution in [0, 0.1) is 0 Å². The predicted molar refractivity (Wildman–Crippen MR) is 214 cm³/mol. The van der Waals surface area contributed by atoms with Crippen molar-refractivity contribution in [3.8, 4) is 22.8 Å². The second-order valence-corrected chi connectivity index (χ2v) is 26.8. The SMILES string of the molecule is COC(=O)c1ccc(-c2nn(C(C)CCO[Si](C)(C)C(C)(C)C)c3cc(Nc4ccnc(-c5cn(COCC[Si](C)(C)C)n(C)c5=O)n4)ncc23)n1C. The normalized spacial score (nSPS) is 13.1. The molecule has 1 unspecified atom stereocenters. The zero-order valence-electron chi connectivity index (χ0n) is 33.3. The number of esters is 1. The summed E-state index contributed by atoms with van der Waals surface area (Å²) < 4.78 is 24.4. The summed E-state index contributed by atoms with van der Waals surface area (Å²) in [6.07, 6.45) is 5.87. The van der Waals surface area contributed by atoms with Crippen molar-refractivity contribution in [2.45, 2.75) is 90.7 Å². The average molecular weight is 762 g/mol. The molecule has 5 heterocycles. The predicted octanol–water partition coefficient (Wildman–Crippen LogP) is 7.21. The van der Waals surface area contributed by atoms with Gasteiger partial charge >= 0.3 is 5.97 Å². The molecule has 0 saturated heterocycles. The van der Waals surface area contributed by atoms with E-state index in [0.717, 1.165) is 29.1 Å². The Morgan fingerprint density at radius 3 is 2.43 bits per heavy atom. The number of carbonyl (C=O) groups is 1. The zero-order chi connectivity index (χ0) is 38.9. The van der Waals surface area contributed by atoms with Crippen LogP contribution in [0.4, 0.5) is 11.6 Å². The number of hydrogen-bond donors (Lipinski definition) is 1. The van der Waals surface area contributed by atoms with Gasteiger partial charge in [0.2, 0.25) is 0 Å². The number of methoxy groups -OCH3 is 1. The smallest absolute Gasteiger partial charge is 0.354 e. The van der Waals surface area contributed by atoms with Gasteiger partial charge in [0.1, 0.15) is 35.3 Å². The molecule has 5 aromatic heterocycles. The number of hydrogen-bond acceptors (Lipinski definition) is 10. The second-order valence-electron chi connectivity index (χ2n) is 16.3. The van der Waals surface area contributed by atoms with E-state index in [4.69, 9.17) is 24.0 Å². The van der Waals surface area contributed by atoms with E-state index in [0.29, 0.717) is 47.6 Å². The lowest BCUT2D eigenvalue weighted by atomic mass is 10.2. The van der Waals surface area contributed by atoms with Gasteiger partial charge in [-0.25, -0.2) is 19.7 Å². The number of fused-ring (bicyclic) bond motifs is 1. The van der Waals surface area contributed by atoms with Crippen molar-refractivity contribution in [2.24, 2.45) is 14.1 Å². The summed E-state index contributed by atoms with van der Waals surface area (Å²) in [7, 11) is 1.74. The summed E-state index contributed by atoms with van der Waals surface area (Å²) in [5.41, 5.74) is 2.90. The highest BCUT2D eigenvalue weighted by Crippen LogP contribution is 2.37. The van der Waals surface area contributed by atoms with Crippen LogP contribution < -0.4 is 10.9 Å². The molecule has 53 heavy (non-hydrogen) atoms. The average Bonchev–Trinajstić information content (AvgIpc) is 3.74. The molecule has 0 amide bonds. The number of aromatic nitrogens is 8. The minimum absolute atomic E-state index is 0.0166. The summed E-state index contributed by atoms with van der Waals surface area (Å²) in [5, 5.41) is 9.35. The Labute approximate surface area is 313 Å². The zero-order valence-corrected chi connectivity index (χ0v) is 35.3. The van der Waals surface area contributed by atoms with Crippen LogP contribution in [0.15, 0.2) is 47.7 Å². The second kappa shape index (κ2) is 15.5. The Balaban J connectivity index is 1.45. The van der Waals surface area contributed by atoms with Crippen molar-refractivity contribution in [2.75, 3.05) is 25.6 Å². The van der Waals surface area contributed by atoms with Crippen molar-refractivity contribution in [1.29, 1.82) is 0 Å². The van der Waals surface area contributed by atoms with Gasteiger partial charge in [0.15, 0.2) is 14.1 Å². The lowest BCUT2D eigenvalue weighted by Crippen LogP contribution is -2.41. The van der Waals surface area contributed by atoms with Crippen LogP contribution in [0.2, 0.25) is 43.8 Å². The molecule has 0 bridgehead atoms. The molecule has 1 N–H and O–H groups in total. The number of rotatable bonds is 15. The monoisotopic (exact) mass is 761 g/mol. The topological polar surface area (TPSA) is 145 Å². The van der Waals surface area contributed by atoms with E-state index in [2.05, 4.69) is 75.7 Å². The van der Waals surface area contributed by atoms with Gasteiger partial charge in [0.05, 0.1) is 24.4 Å². The van der Waals surface area contributed by atoms with Crippen molar-refractivity contribution in [3.05, 3.63) is 58.9 Å². The van der Waals surface area contributed by atoms with Crippen LogP contribution in [0.5, 0.6) is 0 Å². The molecule has 14 nitrogen and oxygen atoms in total. The summed E-state index contributed by atoms with van der Waals surface area (Å²) in [5.74, 6) is 0.899. The van der Waals surface area contributed by atoms with Gasteiger partial charge < -0.3 is 23.8 Å². The number of ether oxygens (including phenoxy) is 2. The number of anilines is 2. The van der Waals surface area contributed by atoms with E-state index in [1.807, 2.05) is 23.9 Å². The lowest BCUT2D eigenvalue weighted by molar-refractivity contribution is 0.0590. The Kier molecular flexibility index (Phi) is 11.7. The fraction of sp³-hybridized carbons (Fsp3) is 0.514. The number of pyridine rings is 1. The van der Waals surface area contributed by atoms with Gasteiger partial charge in [0, 0.05) is 65.4 Å². The first-order valence-electron chi connectivity index (χ1n) is 18.0. The maximum atomic E-state index is 13.2. The van der Waals surface area contributed by atoms with E-state index < -0.39 is 22.4 Å². The molecule has 0 aliphatic rings. The molecular formula is C37H55N9O5Si2. The molecule has 0 fully saturated rings. The minimum Gasteiger partial charge on any atom is -0.464 e. The van der Waals surface area contributed by atoms with Crippen LogP contribution in [-0.4, -0.2) is 81.3 Å². The highest BCUT2D eigenvalue weighted by molar-refractivity contribution is 6.76. The third-order valence-corrected chi connectivity index (χ3v) is 16.4. The molecule has 5 rings (SSSR count). The fourth-order valence-corrected chi connectivity index (χ4v) is 7.41. The van der Waals surface area contributed by atoms with Crippen LogP contribution in [0.3, 0.4) is 0 Å². The molecule has 1 atom stereocenters. The van der Waals surface area contributed by atoms with Crippen molar-refractivity contribution in [3.63, 3.8) is 0 Å². The van der Waals surface area contributed by atoms with Gasteiger partial charge in [-0.3, -0.25) is 18.8 Å². The summed E-state index contributed by atoms with van der Waals surface area (Å²) in [6, 6.07) is 8.31. The molecular weight excluding hydrogens is 707 g/mol. The van der Waals surface area contributed by atoms with Gasteiger partial charge in [-0.05, 0) is 55.7 Å². The maximum absolute atomic E-state index is 13.2. The lowest BCUT2D eigenvalue weighted by Gasteiger charge is -2.36. The Bertz CT molecular complexity index is 2140. The maximum Gasteiger partial charge on any atom is 0.354 e. The van der Waals surface area contributed by atoms with Crippen LogP contribution in [0.25, 0.3) is 33.7 Å². The first kappa shape index (κ1) is 39.8. The van der Waals surface area contributed by atoms with Crippen LogP contribution in [-0.2, 0) is 34.7 Å². The Morgan fingerprint density at radius 1 is 1.02 bits per heavy atom.